The van der Waals surface area contributed by atoms with E-state index in [2.05, 4.69) is 24.8 Å². The van der Waals surface area contributed by atoms with E-state index >= 15 is 0 Å². The van der Waals surface area contributed by atoms with Crippen LogP contribution in [0.2, 0.25) is 0 Å². The Morgan fingerprint density at radius 3 is 2.58 bits per heavy atom. The van der Waals surface area contributed by atoms with Crippen LogP contribution in [-0.2, 0) is 6.42 Å². The Labute approximate surface area is 126 Å². The third-order valence-corrected chi connectivity index (χ3v) is 4.76. The summed E-state index contributed by atoms with van der Waals surface area (Å²) >= 11 is 1.69. The summed E-state index contributed by atoms with van der Waals surface area (Å²) in [6.07, 6.45) is 3.38. The highest BCUT2D eigenvalue weighted by Gasteiger charge is 2.25. The van der Waals surface area contributed by atoms with Gasteiger partial charge in [-0.15, -0.1) is 24.2 Å². The Kier molecular flexibility index (Phi) is 7.19. The SMILES string of the molecule is CCCN(CCC)C1CSc2c(F)cccc2C1.Cl. The first kappa shape index (κ1) is 16.8. The van der Waals surface area contributed by atoms with Crippen molar-refractivity contribution in [2.45, 2.75) is 44.0 Å². The van der Waals surface area contributed by atoms with Gasteiger partial charge in [0.2, 0.25) is 0 Å². The highest BCUT2D eigenvalue weighted by molar-refractivity contribution is 7.99. The second kappa shape index (κ2) is 8.13. The zero-order chi connectivity index (χ0) is 13.0. The molecule has 0 bridgehead atoms. The molecule has 19 heavy (non-hydrogen) atoms. The fourth-order valence-corrected chi connectivity index (χ4v) is 3.88. The van der Waals surface area contributed by atoms with Crippen LogP contribution in [0, 0.1) is 5.82 Å². The molecule has 4 heteroatoms. The maximum Gasteiger partial charge on any atom is 0.137 e. The highest BCUT2D eigenvalue weighted by atomic mass is 35.5. The van der Waals surface area contributed by atoms with E-state index in [-0.39, 0.29) is 18.2 Å². The monoisotopic (exact) mass is 303 g/mol. The van der Waals surface area contributed by atoms with Gasteiger partial charge in [0, 0.05) is 16.7 Å². The van der Waals surface area contributed by atoms with E-state index in [4.69, 9.17) is 0 Å². The van der Waals surface area contributed by atoms with E-state index in [1.165, 1.54) is 18.4 Å². The van der Waals surface area contributed by atoms with E-state index < -0.39 is 0 Å². The highest BCUT2D eigenvalue weighted by Crippen LogP contribution is 2.34. The molecule has 1 aromatic carbocycles. The van der Waals surface area contributed by atoms with Gasteiger partial charge in [-0.25, -0.2) is 4.39 Å². The van der Waals surface area contributed by atoms with Gasteiger partial charge in [0.15, 0.2) is 0 Å². The first-order chi connectivity index (χ1) is 8.76. The van der Waals surface area contributed by atoms with Gasteiger partial charge >= 0.3 is 0 Å². The lowest BCUT2D eigenvalue weighted by Gasteiger charge is -2.34. The third-order valence-electron chi connectivity index (χ3n) is 3.46. The lowest BCUT2D eigenvalue weighted by Crippen LogP contribution is -2.41. The van der Waals surface area contributed by atoms with Crippen LogP contribution < -0.4 is 0 Å². The molecule has 2 rings (SSSR count). The van der Waals surface area contributed by atoms with Crippen LogP contribution in [0.1, 0.15) is 32.3 Å². The molecular formula is C15H23ClFNS. The predicted molar refractivity (Wildman–Crippen MR) is 84.0 cm³/mol. The third kappa shape index (κ3) is 4.11. The zero-order valence-corrected chi connectivity index (χ0v) is 13.3. The number of rotatable bonds is 5. The molecule has 0 amide bonds. The molecule has 108 valence electrons. The summed E-state index contributed by atoms with van der Waals surface area (Å²) in [5.41, 5.74) is 1.19. The van der Waals surface area contributed by atoms with Crippen LogP contribution in [0.3, 0.4) is 0 Å². The minimum atomic E-state index is -0.0477. The van der Waals surface area contributed by atoms with Crippen molar-refractivity contribution in [1.82, 2.24) is 4.90 Å². The standard InChI is InChI=1S/C15H22FNS.ClH/c1-3-8-17(9-4-2)13-10-12-6-5-7-14(16)15(12)18-11-13;/h5-7,13H,3-4,8-11H2,1-2H3;1H. The molecule has 1 aromatic rings. The molecule has 1 aliphatic heterocycles. The topological polar surface area (TPSA) is 3.24 Å². The van der Waals surface area contributed by atoms with E-state index in [0.29, 0.717) is 6.04 Å². The first-order valence-corrected chi connectivity index (χ1v) is 7.89. The van der Waals surface area contributed by atoms with Crippen molar-refractivity contribution in [3.8, 4) is 0 Å². The Morgan fingerprint density at radius 2 is 1.95 bits per heavy atom. The summed E-state index contributed by atoms with van der Waals surface area (Å²) in [5.74, 6) is 0.974. The smallest absolute Gasteiger partial charge is 0.137 e. The lowest BCUT2D eigenvalue weighted by molar-refractivity contribution is 0.209. The minimum absolute atomic E-state index is 0. The maximum atomic E-state index is 13.7. The summed E-state index contributed by atoms with van der Waals surface area (Å²) < 4.78 is 13.7. The molecule has 1 atom stereocenters. The summed E-state index contributed by atoms with van der Waals surface area (Å²) in [6.45, 7) is 6.77. The fraction of sp³-hybridized carbons (Fsp3) is 0.600. The van der Waals surface area contributed by atoms with Crippen molar-refractivity contribution in [2.24, 2.45) is 0 Å². The van der Waals surface area contributed by atoms with Crippen LogP contribution in [0.25, 0.3) is 0 Å². The van der Waals surface area contributed by atoms with Crippen LogP contribution in [0.5, 0.6) is 0 Å². The zero-order valence-electron chi connectivity index (χ0n) is 11.7. The number of benzene rings is 1. The second-order valence-electron chi connectivity index (χ2n) is 4.93. The number of fused-ring (bicyclic) bond motifs is 1. The van der Waals surface area contributed by atoms with E-state index in [0.717, 1.165) is 30.2 Å². The molecule has 0 aliphatic carbocycles. The van der Waals surface area contributed by atoms with Gasteiger partial charge in [-0.2, -0.15) is 0 Å². The average molecular weight is 304 g/mol. The second-order valence-corrected chi connectivity index (χ2v) is 5.96. The van der Waals surface area contributed by atoms with Crippen molar-refractivity contribution < 1.29 is 4.39 Å². The number of hydrogen-bond acceptors (Lipinski definition) is 2. The van der Waals surface area contributed by atoms with Gasteiger partial charge in [-0.1, -0.05) is 26.0 Å². The lowest BCUT2D eigenvalue weighted by atomic mass is 10.0. The number of thioether (sulfide) groups is 1. The van der Waals surface area contributed by atoms with Crippen molar-refractivity contribution in [3.63, 3.8) is 0 Å². The van der Waals surface area contributed by atoms with Crippen LogP contribution in [-0.4, -0.2) is 29.8 Å². The molecule has 0 N–H and O–H groups in total. The molecule has 0 saturated carbocycles. The molecule has 0 spiro atoms. The van der Waals surface area contributed by atoms with Crippen molar-refractivity contribution in [3.05, 3.63) is 29.6 Å². The molecule has 0 fully saturated rings. The van der Waals surface area contributed by atoms with Gasteiger partial charge in [-0.05, 0) is 44.0 Å². The van der Waals surface area contributed by atoms with Crippen LogP contribution in [0.4, 0.5) is 4.39 Å². The Hall–Kier alpha value is -0.250. The van der Waals surface area contributed by atoms with Crippen molar-refractivity contribution in [1.29, 1.82) is 0 Å². The van der Waals surface area contributed by atoms with E-state index in [1.54, 1.807) is 17.8 Å². The molecule has 0 radical (unpaired) electrons. The molecule has 1 aliphatic rings. The number of hydrogen-bond donors (Lipinski definition) is 0. The number of nitrogens with zero attached hydrogens (tertiary/aromatic N) is 1. The molecule has 0 aromatic heterocycles. The van der Waals surface area contributed by atoms with Gasteiger partial charge in [0.05, 0.1) is 0 Å². The van der Waals surface area contributed by atoms with Crippen LogP contribution >= 0.6 is 24.2 Å². The van der Waals surface area contributed by atoms with Crippen LogP contribution in [0.15, 0.2) is 23.1 Å². The van der Waals surface area contributed by atoms with Gasteiger partial charge < -0.3 is 0 Å². The molecule has 1 nitrogen and oxygen atoms in total. The molecular weight excluding hydrogens is 281 g/mol. The minimum Gasteiger partial charge on any atom is -0.299 e. The van der Waals surface area contributed by atoms with E-state index in [9.17, 15) is 4.39 Å². The molecule has 1 heterocycles. The maximum absolute atomic E-state index is 13.7. The Morgan fingerprint density at radius 1 is 1.26 bits per heavy atom. The van der Waals surface area contributed by atoms with Gasteiger partial charge in [0.25, 0.3) is 0 Å². The fourth-order valence-electron chi connectivity index (χ4n) is 2.65. The Balaban J connectivity index is 0.00000180. The summed E-state index contributed by atoms with van der Waals surface area (Å²) in [5, 5.41) is 0. The predicted octanol–water partition coefficient (Wildman–Crippen LogP) is 4.39. The van der Waals surface area contributed by atoms with E-state index in [1.807, 2.05) is 6.07 Å². The summed E-state index contributed by atoms with van der Waals surface area (Å²) in [7, 11) is 0. The molecule has 1 unspecified atom stereocenters. The number of halogens is 2. The van der Waals surface area contributed by atoms with Gasteiger partial charge in [0.1, 0.15) is 5.82 Å². The summed E-state index contributed by atoms with van der Waals surface area (Å²) in [6, 6.07) is 6.06. The first-order valence-electron chi connectivity index (χ1n) is 6.90. The van der Waals surface area contributed by atoms with Crippen molar-refractivity contribution in [2.75, 3.05) is 18.8 Å². The quantitative estimate of drug-likeness (QED) is 0.794. The molecule has 0 saturated heterocycles. The van der Waals surface area contributed by atoms with Crippen molar-refractivity contribution >= 4 is 24.2 Å². The summed E-state index contributed by atoms with van der Waals surface area (Å²) in [4.78, 5) is 3.45. The van der Waals surface area contributed by atoms with Gasteiger partial charge in [-0.3, -0.25) is 4.90 Å². The normalized spacial score (nSPS) is 18.0. The Bertz CT molecular complexity index is 394. The largest absolute Gasteiger partial charge is 0.299 e. The average Bonchev–Trinajstić information content (AvgIpc) is 2.38.